The van der Waals surface area contributed by atoms with Gasteiger partial charge >= 0.3 is 0 Å². The van der Waals surface area contributed by atoms with Gasteiger partial charge in [-0.3, -0.25) is 0 Å². The fraction of sp³-hybridized carbons (Fsp3) is 0.289. The lowest BCUT2D eigenvalue weighted by Crippen LogP contribution is -2.00. The maximum Gasteiger partial charge on any atom is 0.0537 e. The Morgan fingerprint density at radius 2 is 1.00 bits per heavy atom. The molecule has 0 amide bonds. The van der Waals surface area contributed by atoms with E-state index in [0.717, 1.165) is 11.8 Å². The molecule has 0 radical (unpaired) electrons. The highest BCUT2D eigenvalue weighted by Crippen LogP contribution is 2.60. The van der Waals surface area contributed by atoms with Crippen LogP contribution in [0.3, 0.4) is 0 Å². The minimum atomic E-state index is 0.670. The van der Waals surface area contributed by atoms with Gasteiger partial charge in [0.2, 0.25) is 0 Å². The lowest BCUT2D eigenvalue weighted by molar-refractivity contribution is 0.893. The first-order chi connectivity index (χ1) is 23.3. The molecule has 0 saturated heterocycles. The van der Waals surface area contributed by atoms with Crippen LogP contribution >= 0.6 is 0 Å². The van der Waals surface area contributed by atoms with E-state index in [0.29, 0.717) is 17.8 Å². The maximum atomic E-state index is 2.47. The molecule has 2 heteroatoms. The topological polar surface area (TPSA) is 9.86 Å². The van der Waals surface area contributed by atoms with E-state index in [1.807, 2.05) is 41.5 Å². The van der Waals surface area contributed by atoms with Crippen LogP contribution in [0, 0.1) is 17.8 Å². The molecule has 4 aliphatic rings. The molecule has 4 aliphatic carbocycles. The highest BCUT2D eigenvalue weighted by atomic mass is 15.0. The van der Waals surface area contributed by atoms with Gasteiger partial charge in [-0.1, -0.05) is 121 Å². The lowest BCUT2D eigenvalue weighted by atomic mass is 10.0. The van der Waals surface area contributed by atoms with Crippen molar-refractivity contribution in [3.05, 3.63) is 132 Å². The fourth-order valence-corrected chi connectivity index (χ4v) is 8.22. The number of hydrogen-bond acceptors (Lipinski definition) is 0. The van der Waals surface area contributed by atoms with Gasteiger partial charge in [0.25, 0.3) is 0 Å². The van der Waals surface area contributed by atoms with Crippen LogP contribution in [0.5, 0.6) is 0 Å². The molecular formula is C45H48N2. The second-order valence-corrected chi connectivity index (χ2v) is 12.6. The molecule has 5 unspecified atom stereocenters. The maximum absolute atomic E-state index is 2.47. The summed E-state index contributed by atoms with van der Waals surface area (Å²) in [6, 6.07) is 36.1. The zero-order chi connectivity index (χ0) is 32.8. The van der Waals surface area contributed by atoms with Crippen LogP contribution in [0.1, 0.15) is 89.2 Å². The predicted octanol–water partition coefficient (Wildman–Crippen LogP) is 12.8. The first-order valence-electron chi connectivity index (χ1n) is 18.1. The zero-order valence-corrected chi connectivity index (χ0v) is 29.0. The molecule has 5 atom stereocenters. The van der Waals surface area contributed by atoms with Crippen LogP contribution in [0.15, 0.2) is 109 Å². The van der Waals surface area contributed by atoms with Crippen molar-refractivity contribution in [2.45, 2.75) is 66.7 Å². The molecule has 2 aromatic heterocycles. The van der Waals surface area contributed by atoms with E-state index in [-0.39, 0.29) is 0 Å². The quantitative estimate of drug-likeness (QED) is 0.187. The largest absolute Gasteiger partial charge is 0.310 e. The summed E-state index contributed by atoms with van der Waals surface area (Å²) in [6.45, 7) is 14.4. The summed E-state index contributed by atoms with van der Waals surface area (Å²) in [6.07, 6.45) is 10.9. The summed E-state index contributed by atoms with van der Waals surface area (Å²) in [5, 5.41) is 2.83. The van der Waals surface area contributed by atoms with Gasteiger partial charge in [0.1, 0.15) is 0 Å². The molecule has 2 heterocycles. The molecule has 2 nitrogen and oxygen atoms in total. The molecular weight excluding hydrogens is 569 g/mol. The monoisotopic (exact) mass is 616 g/mol. The molecule has 0 spiro atoms. The van der Waals surface area contributed by atoms with E-state index < -0.39 is 0 Å². The molecule has 2 saturated carbocycles. The van der Waals surface area contributed by atoms with Gasteiger partial charge in [-0.15, -0.1) is 0 Å². The average Bonchev–Trinajstić information content (AvgIpc) is 4.01. The van der Waals surface area contributed by atoms with Crippen LogP contribution in [0.4, 0.5) is 0 Å². The summed E-state index contributed by atoms with van der Waals surface area (Å²) in [5.74, 6) is 3.57. The van der Waals surface area contributed by atoms with E-state index in [2.05, 4.69) is 137 Å². The van der Waals surface area contributed by atoms with E-state index in [1.165, 1.54) is 62.1 Å². The molecule has 0 aliphatic heterocycles. The second-order valence-electron chi connectivity index (χ2n) is 12.6. The van der Waals surface area contributed by atoms with Crippen LogP contribution in [0.25, 0.3) is 56.5 Å². The summed E-state index contributed by atoms with van der Waals surface area (Å²) < 4.78 is 4.93. The summed E-state index contributed by atoms with van der Waals surface area (Å²) >= 11 is 0. The highest BCUT2D eigenvalue weighted by Gasteiger charge is 2.50. The number of nitrogens with zero attached hydrogens (tertiary/aromatic N) is 2. The van der Waals surface area contributed by atoms with Crippen LogP contribution in [-0.2, 0) is 0 Å². The number of para-hydroxylation sites is 2. The normalized spacial score (nSPS) is 21.9. The number of hydrogen-bond donors (Lipinski definition) is 0. The lowest BCUT2D eigenvalue weighted by Gasteiger charge is -2.14. The molecule has 4 aromatic carbocycles. The van der Waals surface area contributed by atoms with Gasteiger partial charge in [-0.05, 0) is 107 Å². The molecule has 10 rings (SSSR count). The van der Waals surface area contributed by atoms with Crippen molar-refractivity contribution in [1.82, 2.24) is 9.13 Å². The van der Waals surface area contributed by atoms with E-state index in [4.69, 9.17) is 0 Å². The van der Waals surface area contributed by atoms with E-state index in [9.17, 15) is 0 Å². The number of benzene rings is 4. The van der Waals surface area contributed by atoms with Gasteiger partial charge in [0.05, 0.1) is 22.4 Å². The van der Waals surface area contributed by atoms with E-state index >= 15 is 0 Å². The predicted molar refractivity (Wildman–Crippen MR) is 204 cm³/mol. The number of allylic oxidation sites excluding steroid dienone is 2. The molecule has 238 valence electrons. The van der Waals surface area contributed by atoms with Gasteiger partial charge in [-0.2, -0.15) is 0 Å². The Bertz CT molecular complexity index is 2100. The first kappa shape index (κ1) is 31.1. The van der Waals surface area contributed by atoms with Crippen LogP contribution < -0.4 is 0 Å². The van der Waals surface area contributed by atoms with Crippen LogP contribution in [0.2, 0.25) is 0 Å². The fourth-order valence-electron chi connectivity index (χ4n) is 8.22. The standard InChI is InChI=1S/C39H30N2.3C2H6/c1-23-29-19-21-36-39(37(23)29)31-7-3-5-9-34(31)41(36)28-17-12-25(13-18-28)24-10-15-27(16-11-24)40-33-8-4-2-6-30(33)38-32-22-26(32)14-20-35(38)40;3*1-2/h2-21,23,26,29,32,37H,22H2,1H3;3*1-2H3. The van der Waals surface area contributed by atoms with Crippen molar-refractivity contribution in [2.75, 3.05) is 0 Å². The van der Waals surface area contributed by atoms with Crippen molar-refractivity contribution in [3.8, 4) is 22.5 Å². The highest BCUT2D eigenvalue weighted by molar-refractivity contribution is 5.93. The SMILES string of the molecule is CC.CC.CC.CC1C2C=Cc3c(c4ccccc4n3-c3ccc(-c4ccc(-n5c6c(c7ccccc75)C5CC5C=C6)cc4)cc3)C12. The van der Waals surface area contributed by atoms with Gasteiger partial charge in [-0.25, -0.2) is 0 Å². The van der Waals surface area contributed by atoms with Crippen molar-refractivity contribution < 1.29 is 0 Å². The van der Waals surface area contributed by atoms with E-state index in [1.54, 1.807) is 11.1 Å². The van der Waals surface area contributed by atoms with Gasteiger partial charge in [0.15, 0.2) is 0 Å². The number of fused-ring (bicyclic) bond motifs is 10. The third-order valence-electron chi connectivity index (χ3n) is 10.5. The van der Waals surface area contributed by atoms with Crippen molar-refractivity contribution in [3.63, 3.8) is 0 Å². The third-order valence-corrected chi connectivity index (χ3v) is 10.5. The average molecular weight is 617 g/mol. The molecule has 6 aromatic rings. The van der Waals surface area contributed by atoms with Crippen LogP contribution in [-0.4, -0.2) is 9.13 Å². The molecule has 47 heavy (non-hydrogen) atoms. The number of aromatic nitrogens is 2. The minimum absolute atomic E-state index is 0.670. The smallest absolute Gasteiger partial charge is 0.0537 e. The second kappa shape index (κ2) is 12.6. The Morgan fingerprint density at radius 3 is 1.55 bits per heavy atom. The molecule has 0 bridgehead atoms. The number of rotatable bonds is 3. The Morgan fingerprint density at radius 1 is 0.532 bits per heavy atom. The van der Waals surface area contributed by atoms with Crippen molar-refractivity contribution >= 4 is 34.0 Å². The Balaban J connectivity index is 0.000000556. The summed E-state index contributed by atoms with van der Waals surface area (Å²) in [4.78, 5) is 0. The summed E-state index contributed by atoms with van der Waals surface area (Å²) in [5.41, 5.74) is 13.4. The third kappa shape index (κ3) is 4.84. The Labute approximate surface area is 281 Å². The van der Waals surface area contributed by atoms with Gasteiger partial charge in [0, 0.05) is 22.1 Å². The molecule has 2 fully saturated rings. The molecule has 0 N–H and O–H groups in total. The Kier molecular flexibility index (Phi) is 8.30. The summed E-state index contributed by atoms with van der Waals surface area (Å²) in [7, 11) is 0. The zero-order valence-electron chi connectivity index (χ0n) is 29.0. The van der Waals surface area contributed by atoms with Crippen molar-refractivity contribution in [1.29, 1.82) is 0 Å². The Hall–Kier alpha value is -4.56. The van der Waals surface area contributed by atoms with Crippen molar-refractivity contribution in [2.24, 2.45) is 17.8 Å². The minimum Gasteiger partial charge on any atom is -0.310 e. The first-order valence-corrected chi connectivity index (χ1v) is 18.1. The van der Waals surface area contributed by atoms with Gasteiger partial charge < -0.3 is 9.13 Å².